The number of aliphatic hydroxyl groups is 1. The van der Waals surface area contributed by atoms with Crippen molar-refractivity contribution >= 4 is 23.7 Å². The molecule has 0 aliphatic rings. The van der Waals surface area contributed by atoms with Crippen LogP contribution in [0.2, 0.25) is 0 Å². The Hall–Kier alpha value is -3.22. The zero-order chi connectivity index (χ0) is 25.0. The second-order valence-electron chi connectivity index (χ2n) is 7.63. The topological polar surface area (TPSA) is 217 Å². The monoisotopic (exact) mass is 467 g/mol. The number of nitrogens with one attached hydrogen (secondary N) is 3. The summed E-state index contributed by atoms with van der Waals surface area (Å²) >= 11 is 0. The first kappa shape index (κ1) is 27.8. The summed E-state index contributed by atoms with van der Waals surface area (Å²) in [7, 11) is 0. The summed E-state index contributed by atoms with van der Waals surface area (Å²) in [6.07, 6.45) is 1.48. The first-order valence-corrected chi connectivity index (χ1v) is 10.6. The number of phenolic OH excluding ortho intramolecular Hbond substituents is 1. The molecule has 1 rings (SSSR count). The van der Waals surface area contributed by atoms with Gasteiger partial charge in [0.2, 0.25) is 17.7 Å². The van der Waals surface area contributed by atoms with E-state index in [0.29, 0.717) is 24.9 Å². The Labute approximate surface area is 191 Å². The van der Waals surface area contributed by atoms with Crippen molar-refractivity contribution in [3.8, 4) is 5.75 Å². The van der Waals surface area contributed by atoms with Crippen LogP contribution in [-0.4, -0.2) is 76.3 Å². The zero-order valence-electron chi connectivity index (χ0n) is 18.5. The number of rotatable bonds is 14. The van der Waals surface area contributed by atoms with E-state index in [1.807, 2.05) is 0 Å². The Balaban J connectivity index is 2.81. The highest BCUT2D eigenvalue weighted by molar-refractivity contribution is 5.94. The lowest BCUT2D eigenvalue weighted by Crippen LogP contribution is -2.58. The minimum absolute atomic E-state index is 0.0774. The van der Waals surface area contributed by atoms with E-state index in [9.17, 15) is 29.4 Å². The molecule has 33 heavy (non-hydrogen) atoms. The average molecular weight is 468 g/mol. The highest BCUT2D eigenvalue weighted by atomic mass is 16.4. The molecule has 0 heterocycles. The van der Waals surface area contributed by atoms with Gasteiger partial charge in [0.25, 0.3) is 0 Å². The third kappa shape index (κ3) is 9.85. The maximum Gasteiger partial charge on any atom is 0.325 e. The molecule has 12 nitrogen and oxygen atoms in total. The number of carboxylic acid groups (broad SMARTS) is 1. The number of nitrogens with two attached hydrogens (primary N) is 2. The van der Waals surface area contributed by atoms with E-state index in [2.05, 4.69) is 16.0 Å². The van der Waals surface area contributed by atoms with Crippen LogP contribution in [0, 0.1) is 0 Å². The second kappa shape index (κ2) is 14.0. The molecule has 1 aromatic carbocycles. The van der Waals surface area contributed by atoms with Crippen LogP contribution in [0.5, 0.6) is 5.75 Å². The van der Waals surface area contributed by atoms with Gasteiger partial charge in [-0.1, -0.05) is 12.1 Å². The lowest BCUT2D eigenvalue weighted by atomic mass is 10.0. The highest BCUT2D eigenvalue weighted by Crippen LogP contribution is 2.11. The number of aliphatic carboxylic acids is 1. The van der Waals surface area contributed by atoms with Gasteiger partial charge in [0.1, 0.15) is 23.9 Å². The fraction of sp³-hybridized carbons (Fsp3) is 0.524. The SMILES string of the molecule is CC(NC(=O)C(CO)NC(=O)C(CCCCN)NC(=O)C(N)Cc1ccc(O)cc1)C(=O)O. The zero-order valence-corrected chi connectivity index (χ0v) is 18.5. The van der Waals surface area contributed by atoms with E-state index >= 15 is 0 Å². The van der Waals surface area contributed by atoms with Gasteiger partial charge in [-0.25, -0.2) is 0 Å². The fourth-order valence-electron chi connectivity index (χ4n) is 2.86. The molecule has 10 N–H and O–H groups in total. The van der Waals surface area contributed by atoms with Gasteiger partial charge in [-0.3, -0.25) is 19.2 Å². The molecule has 184 valence electrons. The first-order valence-electron chi connectivity index (χ1n) is 10.6. The molecule has 3 amide bonds. The van der Waals surface area contributed by atoms with Gasteiger partial charge in [0.15, 0.2) is 0 Å². The summed E-state index contributed by atoms with van der Waals surface area (Å²) in [6, 6.07) is 1.52. The lowest BCUT2D eigenvalue weighted by Gasteiger charge is -2.24. The first-order chi connectivity index (χ1) is 15.6. The van der Waals surface area contributed by atoms with Crippen LogP contribution in [0.1, 0.15) is 31.7 Å². The Kier molecular flexibility index (Phi) is 11.8. The number of phenols is 1. The van der Waals surface area contributed by atoms with E-state index in [4.69, 9.17) is 16.6 Å². The third-order valence-corrected chi connectivity index (χ3v) is 4.85. The van der Waals surface area contributed by atoms with Crippen molar-refractivity contribution in [3.05, 3.63) is 29.8 Å². The van der Waals surface area contributed by atoms with Crippen LogP contribution in [0.25, 0.3) is 0 Å². The van der Waals surface area contributed by atoms with Gasteiger partial charge in [0.05, 0.1) is 12.6 Å². The maximum atomic E-state index is 12.8. The molecule has 0 spiro atoms. The van der Waals surface area contributed by atoms with Crippen LogP contribution in [0.15, 0.2) is 24.3 Å². The predicted octanol–water partition coefficient (Wildman–Crippen LogP) is -2.06. The molecular formula is C21H33N5O7. The van der Waals surface area contributed by atoms with Crippen LogP contribution in [-0.2, 0) is 25.6 Å². The minimum Gasteiger partial charge on any atom is -0.508 e. The molecular weight excluding hydrogens is 434 g/mol. The van der Waals surface area contributed by atoms with E-state index in [1.165, 1.54) is 19.1 Å². The third-order valence-electron chi connectivity index (χ3n) is 4.85. The second-order valence-corrected chi connectivity index (χ2v) is 7.63. The average Bonchev–Trinajstić information content (AvgIpc) is 2.77. The number of hydrogen-bond donors (Lipinski definition) is 8. The quantitative estimate of drug-likeness (QED) is 0.141. The van der Waals surface area contributed by atoms with Crippen LogP contribution < -0.4 is 27.4 Å². The normalized spacial score (nSPS) is 14.4. The molecule has 4 atom stereocenters. The molecule has 0 aliphatic carbocycles. The molecule has 0 aromatic heterocycles. The minimum atomic E-state index is -1.40. The van der Waals surface area contributed by atoms with Crippen LogP contribution in [0.4, 0.5) is 0 Å². The molecule has 0 aliphatic heterocycles. The molecule has 0 saturated carbocycles. The van der Waals surface area contributed by atoms with E-state index in [1.54, 1.807) is 12.1 Å². The smallest absolute Gasteiger partial charge is 0.325 e. The van der Waals surface area contributed by atoms with Gasteiger partial charge >= 0.3 is 5.97 Å². The van der Waals surface area contributed by atoms with Gasteiger partial charge in [-0.05, 0) is 56.8 Å². The number of aromatic hydroxyl groups is 1. The number of unbranched alkanes of at least 4 members (excludes halogenated alkanes) is 1. The van der Waals surface area contributed by atoms with Crippen molar-refractivity contribution in [1.29, 1.82) is 0 Å². The van der Waals surface area contributed by atoms with Crippen molar-refractivity contribution in [2.24, 2.45) is 11.5 Å². The largest absolute Gasteiger partial charge is 0.508 e. The molecule has 0 bridgehead atoms. The summed E-state index contributed by atoms with van der Waals surface area (Å²) in [5.41, 5.74) is 12.2. The maximum absolute atomic E-state index is 12.8. The van der Waals surface area contributed by atoms with Crippen molar-refractivity contribution in [3.63, 3.8) is 0 Å². The number of carbonyl (C=O) groups is 4. The Morgan fingerprint density at radius 1 is 0.939 bits per heavy atom. The molecule has 0 radical (unpaired) electrons. The van der Waals surface area contributed by atoms with Crippen molar-refractivity contribution in [2.75, 3.05) is 13.2 Å². The van der Waals surface area contributed by atoms with Gasteiger partial charge in [-0.2, -0.15) is 0 Å². The molecule has 0 fully saturated rings. The standard InChI is InChI=1S/C21H33N5O7/c1-12(21(32)33)24-20(31)17(11-27)26-19(30)16(4-2-3-9-22)25-18(29)15(23)10-13-5-7-14(28)8-6-13/h5-8,12,15-17,27-28H,2-4,9-11,22-23H2,1H3,(H,24,31)(H,25,29)(H,26,30)(H,32,33). The summed E-state index contributed by atoms with van der Waals surface area (Å²) in [4.78, 5) is 48.4. The van der Waals surface area contributed by atoms with Crippen LogP contribution in [0.3, 0.4) is 0 Å². The summed E-state index contributed by atoms with van der Waals surface area (Å²) in [5, 5.41) is 34.8. The van der Waals surface area contributed by atoms with E-state index in [-0.39, 0.29) is 18.6 Å². The summed E-state index contributed by atoms with van der Waals surface area (Å²) in [5.74, 6) is -3.40. The summed E-state index contributed by atoms with van der Waals surface area (Å²) < 4.78 is 0. The molecule has 0 saturated heterocycles. The lowest BCUT2D eigenvalue weighted by molar-refractivity contribution is -0.142. The number of hydrogen-bond acceptors (Lipinski definition) is 8. The fourth-order valence-corrected chi connectivity index (χ4v) is 2.86. The van der Waals surface area contributed by atoms with E-state index in [0.717, 1.165) is 0 Å². The number of aliphatic hydroxyl groups excluding tert-OH is 1. The van der Waals surface area contributed by atoms with Crippen LogP contribution >= 0.6 is 0 Å². The number of amides is 3. The van der Waals surface area contributed by atoms with Gasteiger partial charge in [0, 0.05) is 0 Å². The Morgan fingerprint density at radius 3 is 2.06 bits per heavy atom. The summed E-state index contributed by atoms with van der Waals surface area (Å²) in [6.45, 7) is 0.854. The molecule has 4 unspecified atom stereocenters. The molecule has 1 aromatic rings. The number of carbonyl (C=O) groups excluding carboxylic acids is 3. The van der Waals surface area contributed by atoms with Crippen molar-refractivity contribution in [2.45, 2.75) is 56.8 Å². The Bertz CT molecular complexity index is 803. The van der Waals surface area contributed by atoms with E-state index < -0.39 is 54.5 Å². The van der Waals surface area contributed by atoms with Gasteiger partial charge in [-0.15, -0.1) is 0 Å². The predicted molar refractivity (Wildman–Crippen MR) is 119 cm³/mol. The molecule has 12 heteroatoms. The van der Waals surface area contributed by atoms with Crippen molar-refractivity contribution < 1.29 is 34.5 Å². The van der Waals surface area contributed by atoms with Gasteiger partial charge < -0.3 is 42.7 Å². The number of benzene rings is 1. The Morgan fingerprint density at radius 2 is 1.52 bits per heavy atom. The van der Waals surface area contributed by atoms with Crippen molar-refractivity contribution in [1.82, 2.24) is 16.0 Å². The number of carboxylic acids is 1. The highest BCUT2D eigenvalue weighted by Gasteiger charge is 2.28.